The monoisotopic (exact) mass is 535 g/mol. The number of carbonyl (C=O) groups is 2. The van der Waals surface area contributed by atoms with Crippen LogP contribution in [0.3, 0.4) is 0 Å². The quantitative estimate of drug-likeness (QED) is 0.431. The van der Waals surface area contributed by atoms with E-state index >= 15 is 0 Å². The van der Waals surface area contributed by atoms with Crippen LogP contribution < -0.4 is 9.64 Å². The number of halogens is 4. The molecule has 1 aliphatic rings. The van der Waals surface area contributed by atoms with Crippen LogP contribution in [0.1, 0.15) is 28.8 Å². The molecule has 3 aromatic rings. The number of Topliss-reactive ketones (excluding diaryl/α,β-unsaturated/α-hetero) is 1. The number of amides is 1. The molecule has 4 rings (SSSR count). The van der Waals surface area contributed by atoms with E-state index in [1.165, 1.54) is 24.3 Å². The minimum absolute atomic E-state index is 0.00406. The van der Waals surface area contributed by atoms with Gasteiger partial charge in [-0.25, -0.2) is 9.97 Å². The van der Waals surface area contributed by atoms with E-state index in [9.17, 15) is 22.8 Å². The average Bonchev–Trinajstić information content (AvgIpc) is 3.27. The van der Waals surface area contributed by atoms with E-state index in [-0.39, 0.29) is 36.1 Å². The van der Waals surface area contributed by atoms with Crippen molar-refractivity contribution in [3.63, 3.8) is 0 Å². The number of aromatic nitrogens is 3. The number of benzene rings is 1. The molecule has 1 aromatic carbocycles. The van der Waals surface area contributed by atoms with Gasteiger partial charge in [-0.2, -0.15) is 0 Å². The zero-order valence-corrected chi connectivity index (χ0v) is 20.8. The Labute approximate surface area is 216 Å². The molecule has 1 amide bonds. The fraction of sp³-hybridized carbons (Fsp3) is 0.360. The van der Waals surface area contributed by atoms with Gasteiger partial charge in [0, 0.05) is 51.5 Å². The Hall–Kier alpha value is -3.60. The van der Waals surface area contributed by atoms with Crippen molar-refractivity contribution in [1.29, 1.82) is 0 Å². The third kappa shape index (κ3) is 7.00. The highest BCUT2D eigenvalue weighted by atomic mass is 35.5. The summed E-state index contributed by atoms with van der Waals surface area (Å²) in [6.07, 6.45) is -1.46. The Morgan fingerprint density at radius 2 is 1.73 bits per heavy atom. The van der Waals surface area contributed by atoms with Gasteiger partial charge in [0.05, 0.1) is 17.1 Å². The zero-order valence-electron chi connectivity index (χ0n) is 20.0. The lowest BCUT2D eigenvalue weighted by Crippen LogP contribution is -2.49. The second-order valence-electron chi connectivity index (χ2n) is 8.54. The standard InChI is InChI=1S/C25H25ClF3N5O3/c1-2-32-16-19(14-20(35)13-17-3-6-21(7-4-17)37-25(27,28)29)31-23(32)24(36)34-11-9-33(10-12-34)22-8-5-18(26)15-30-22/h3-8,15-16H,2,9-14H2,1H3. The highest BCUT2D eigenvalue weighted by Gasteiger charge is 2.31. The lowest BCUT2D eigenvalue weighted by molar-refractivity contribution is -0.274. The largest absolute Gasteiger partial charge is 0.573 e. The number of imidazole rings is 1. The molecule has 8 nitrogen and oxygen atoms in total. The minimum Gasteiger partial charge on any atom is -0.406 e. The van der Waals surface area contributed by atoms with Crippen LogP contribution in [0, 0.1) is 0 Å². The summed E-state index contributed by atoms with van der Waals surface area (Å²) in [5.41, 5.74) is 1.02. The van der Waals surface area contributed by atoms with Gasteiger partial charge < -0.3 is 19.1 Å². The first kappa shape index (κ1) is 26.5. The summed E-state index contributed by atoms with van der Waals surface area (Å²) >= 11 is 5.91. The molecule has 0 spiro atoms. The van der Waals surface area contributed by atoms with Crippen molar-refractivity contribution in [2.75, 3.05) is 31.1 Å². The maximum Gasteiger partial charge on any atom is 0.573 e. The van der Waals surface area contributed by atoms with Gasteiger partial charge in [0.2, 0.25) is 0 Å². The number of rotatable bonds is 8. The average molecular weight is 536 g/mol. The van der Waals surface area contributed by atoms with Crippen molar-refractivity contribution in [3.05, 3.63) is 70.9 Å². The zero-order chi connectivity index (χ0) is 26.6. The fourth-order valence-electron chi connectivity index (χ4n) is 4.10. The van der Waals surface area contributed by atoms with Crippen molar-refractivity contribution in [1.82, 2.24) is 19.4 Å². The molecule has 12 heteroatoms. The van der Waals surface area contributed by atoms with Gasteiger partial charge in [0.1, 0.15) is 17.4 Å². The van der Waals surface area contributed by atoms with Crippen LogP contribution in [0.4, 0.5) is 19.0 Å². The summed E-state index contributed by atoms with van der Waals surface area (Å²) in [5, 5.41) is 0.562. The molecule has 0 radical (unpaired) electrons. The number of alkyl halides is 3. The van der Waals surface area contributed by atoms with E-state index in [1.54, 1.807) is 27.9 Å². The van der Waals surface area contributed by atoms with Crippen LogP contribution in [0.25, 0.3) is 0 Å². The van der Waals surface area contributed by atoms with Gasteiger partial charge in [0.15, 0.2) is 5.82 Å². The molecule has 3 heterocycles. The Kier molecular flexibility index (Phi) is 8.01. The van der Waals surface area contributed by atoms with E-state index in [4.69, 9.17) is 11.6 Å². The number of ketones is 1. The maximum absolute atomic E-state index is 13.2. The summed E-state index contributed by atoms with van der Waals surface area (Å²) in [5.74, 6) is 0.350. The molecule has 1 aliphatic heterocycles. The predicted octanol–water partition coefficient (Wildman–Crippen LogP) is 4.17. The normalized spacial score (nSPS) is 14.1. The molecular weight excluding hydrogens is 511 g/mol. The van der Waals surface area contributed by atoms with Crippen molar-refractivity contribution < 1.29 is 27.5 Å². The second kappa shape index (κ2) is 11.2. The number of carbonyl (C=O) groups excluding carboxylic acids is 2. The Morgan fingerprint density at radius 1 is 1.03 bits per heavy atom. The molecule has 1 saturated heterocycles. The molecule has 37 heavy (non-hydrogen) atoms. The van der Waals surface area contributed by atoms with Gasteiger partial charge >= 0.3 is 6.36 Å². The summed E-state index contributed by atoms with van der Waals surface area (Å²) in [6, 6.07) is 8.79. The number of hydrogen-bond donors (Lipinski definition) is 0. The van der Waals surface area contributed by atoms with Crippen molar-refractivity contribution >= 4 is 29.1 Å². The lowest BCUT2D eigenvalue weighted by atomic mass is 10.1. The SMILES string of the molecule is CCn1cc(CC(=O)Cc2ccc(OC(F)(F)F)cc2)nc1C(=O)N1CCN(c2ccc(Cl)cn2)CC1. The first-order chi connectivity index (χ1) is 17.6. The maximum atomic E-state index is 13.2. The topological polar surface area (TPSA) is 80.6 Å². The Balaban J connectivity index is 1.35. The van der Waals surface area contributed by atoms with Gasteiger partial charge in [-0.3, -0.25) is 9.59 Å². The van der Waals surface area contributed by atoms with E-state index in [1.807, 2.05) is 13.0 Å². The lowest BCUT2D eigenvalue weighted by Gasteiger charge is -2.35. The van der Waals surface area contributed by atoms with E-state index in [0.717, 1.165) is 5.82 Å². The summed E-state index contributed by atoms with van der Waals surface area (Å²) < 4.78 is 42.5. The van der Waals surface area contributed by atoms with Crippen molar-refractivity contribution in [3.8, 4) is 5.75 Å². The smallest absolute Gasteiger partial charge is 0.406 e. The third-order valence-corrected chi connectivity index (χ3v) is 6.12. The van der Waals surface area contributed by atoms with E-state index < -0.39 is 6.36 Å². The van der Waals surface area contributed by atoms with Crippen molar-refractivity contribution in [2.45, 2.75) is 32.7 Å². The number of anilines is 1. The molecule has 0 N–H and O–H groups in total. The molecule has 0 atom stereocenters. The number of piperazine rings is 1. The van der Waals surface area contributed by atoms with E-state index in [0.29, 0.717) is 49.0 Å². The van der Waals surface area contributed by atoms with Gasteiger partial charge in [-0.05, 0) is 36.8 Å². The van der Waals surface area contributed by atoms with Crippen LogP contribution >= 0.6 is 11.6 Å². The van der Waals surface area contributed by atoms with Crippen LogP contribution in [-0.2, 0) is 24.2 Å². The Bertz CT molecular complexity index is 1240. The first-order valence-electron chi connectivity index (χ1n) is 11.7. The van der Waals surface area contributed by atoms with Crippen LogP contribution in [0.5, 0.6) is 5.75 Å². The van der Waals surface area contributed by atoms with Crippen LogP contribution in [-0.4, -0.2) is 63.7 Å². The summed E-state index contributed by atoms with van der Waals surface area (Å²) in [7, 11) is 0. The van der Waals surface area contributed by atoms with Crippen LogP contribution in [0.15, 0.2) is 48.8 Å². The van der Waals surface area contributed by atoms with Gasteiger partial charge in [-0.1, -0.05) is 23.7 Å². The third-order valence-electron chi connectivity index (χ3n) is 5.90. The minimum atomic E-state index is -4.77. The molecular formula is C25H25ClF3N5O3. The summed E-state index contributed by atoms with van der Waals surface area (Å²) in [4.78, 5) is 38.4. The first-order valence-corrected chi connectivity index (χ1v) is 12.1. The molecule has 0 unspecified atom stereocenters. The number of ether oxygens (including phenoxy) is 1. The Morgan fingerprint density at radius 3 is 2.32 bits per heavy atom. The highest BCUT2D eigenvalue weighted by molar-refractivity contribution is 6.30. The van der Waals surface area contributed by atoms with Crippen LogP contribution in [0.2, 0.25) is 5.02 Å². The van der Waals surface area contributed by atoms with Gasteiger partial charge in [0.25, 0.3) is 5.91 Å². The summed E-state index contributed by atoms with van der Waals surface area (Å²) in [6.45, 7) is 4.64. The molecule has 2 aromatic heterocycles. The number of pyridine rings is 1. The van der Waals surface area contributed by atoms with E-state index in [2.05, 4.69) is 19.6 Å². The van der Waals surface area contributed by atoms with Crippen molar-refractivity contribution in [2.24, 2.45) is 0 Å². The number of hydrogen-bond acceptors (Lipinski definition) is 6. The molecule has 196 valence electrons. The molecule has 0 saturated carbocycles. The fourth-order valence-corrected chi connectivity index (χ4v) is 4.22. The second-order valence-corrected chi connectivity index (χ2v) is 8.98. The number of nitrogens with zero attached hydrogens (tertiary/aromatic N) is 5. The molecule has 1 fully saturated rings. The molecule has 0 aliphatic carbocycles. The highest BCUT2D eigenvalue weighted by Crippen LogP contribution is 2.23. The number of aryl methyl sites for hydroxylation is 1. The predicted molar refractivity (Wildman–Crippen MR) is 131 cm³/mol. The molecule has 0 bridgehead atoms. The van der Waals surface area contributed by atoms with Gasteiger partial charge in [-0.15, -0.1) is 13.2 Å².